The maximum atomic E-state index is 9.89. The van der Waals surface area contributed by atoms with Crippen LogP contribution in [0.3, 0.4) is 0 Å². The minimum absolute atomic E-state index is 0.0435. The van der Waals surface area contributed by atoms with Crippen molar-refractivity contribution in [3.63, 3.8) is 0 Å². The fraction of sp³-hybridized carbons (Fsp3) is 0.333. The van der Waals surface area contributed by atoms with Crippen LogP contribution in [0.5, 0.6) is 0 Å². The van der Waals surface area contributed by atoms with Crippen LogP contribution < -0.4 is 0 Å². The largest absolute Gasteiger partial charge is 0.747 e. The van der Waals surface area contributed by atoms with Gasteiger partial charge >= 0.3 is 8.25 Å². The monoisotopic (exact) mass is 189 g/mol. The zero-order chi connectivity index (χ0) is 7.44. The van der Waals surface area contributed by atoms with E-state index in [1.807, 2.05) is 0 Å². The van der Waals surface area contributed by atoms with Crippen LogP contribution in [0.15, 0.2) is 10.3 Å². The molecule has 6 heteroatoms. The van der Waals surface area contributed by atoms with E-state index in [0.717, 1.165) is 0 Å². The van der Waals surface area contributed by atoms with Crippen molar-refractivity contribution < 1.29 is 14.0 Å². The van der Waals surface area contributed by atoms with Gasteiger partial charge in [0.15, 0.2) is 5.76 Å². The molecule has 3 nitrogen and oxygen atoms in total. The van der Waals surface area contributed by atoms with Gasteiger partial charge in [0.25, 0.3) is 0 Å². The van der Waals surface area contributed by atoms with Crippen molar-refractivity contribution in [2.24, 2.45) is 0 Å². The van der Waals surface area contributed by atoms with Gasteiger partial charge in [-0.1, -0.05) is 23.2 Å². The zero-order valence-electron chi connectivity index (χ0n) is 4.47. The number of hydrogen-bond donors (Lipinski definition) is 1. The Kier molecular flexibility index (Phi) is 4.15. The molecule has 0 spiro atoms. The van der Waals surface area contributed by atoms with E-state index in [1.165, 1.54) is 6.92 Å². The van der Waals surface area contributed by atoms with Crippen LogP contribution >= 0.6 is 31.5 Å². The van der Waals surface area contributed by atoms with Crippen LogP contribution in [0.1, 0.15) is 6.92 Å². The van der Waals surface area contributed by atoms with Crippen molar-refractivity contribution in [1.82, 2.24) is 0 Å². The molecule has 0 aromatic heterocycles. The molecule has 0 aromatic rings. The Balaban J connectivity index is 3.92. The Hall–Kier alpha value is 0.180. The van der Waals surface area contributed by atoms with E-state index in [0.29, 0.717) is 0 Å². The fourth-order valence-corrected chi connectivity index (χ4v) is 0.662. The molecule has 0 heterocycles. The first-order valence-corrected chi connectivity index (χ1v) is 3.78. The van der Waals surface area contributed by atoms with Crippen LogP contribution in [0, 0.1) is 0 Å². The van der Waals surface area contributed by atoms with Gasteiger partial charge in [-0.2, -0.15) is 0 Å². The van der Waals surface area contributed by atoms with Crippen molar-refractivity contribution in [2.75, 3.05) is 0 Å². The van der Waals surface area contributed by atoms with Crippen molar-refractivity contribution in [1.29, 1.82) is 0 Å². The predicted molar refractivity (Wildman–Crippen MR) is 35.3 cm³/mol. The second-order valence-corrected chi connectivity index (χ2v) is 2.75. The summed E-state index contributed by atoms with van der Waals surface area (Å²) >= 11 is 10.3. The number of rotatable bonds is 2. The summed E-state index contributed by atoms with van der Waals surface area (Å²) in [5.74, 6) is 0.0435. The van der Waals surface area contributed by atoms with Crippen LogP contribution in [0.4, 0.5) is 0 Å². The lowest BCUT2D eigenvalue weighted by molar-refractivity contribution is 0.353. The second kappa shape index (κ2) is 4.07. The minimum Gasteiger partial charge on any atom is -0.232 e. The van der Waals surface area contributed by atoms with Crippen LogP contribution in [0.2, 0.25) is 0 Å². The Bertz CT molecular complexity index is 151. The van der Waals surface area contributed by atoms with Gasteiger partial charge in [0.05, 0.1) is 0 Å². The highest BCUT2D eigenvalue weighted by Gasteiger charge is 2.15. The molecule has 0 saturated carbocycles. The molecule has 1 unspecified atom stereocenters. The smallest absolute Gasteiger partial charge is 0.232 e. The number of hydrogen-bond acceptors (Lipinski definition) is 2. The van der Waals surface area contributed by atoms with Crippen molar-refractivity contribution >= 4 is 31.5 Å². The number of allylic oxidation sites excluding steroid dienone is 1. The van der Waals surface area contributed by atoms with E-state index >= 15 is 0 Å². The van der Waals surface area contributed by atoms with Gasteiger partial charge in [0.1, 0.15) is 4.49 Å². The van der Waals surface area contributed by atoms with Crippen LogP contribution in [0.25, 0.3) is 0 Å². The maximum absolute atomic E-state index is 9.89. The van der Waals surface area contributed by atoms with E-state index in [1.54, 1.807) is 0 Å². The molecule has 9 heavy (non-hydrogen) atoms. The quantitative estimate of drug-likeness (QED) is 0.536. The van der Waals surface area contributed by atoms with Crippen LogP contribution in [-0.2, 0) is 9.09 Å². The summed E-state index contributed by atoms with van der Waals surface area (Å²) in [5.41, 5.74) is 0. The van der Waals surface area contributed by atoms with E-state index in [2.05, 4.69) is 4.52 Å². The molecule has 0 aliphatic heterocycles. The summed E-state index contributed by atoms with van der Waals surface area (Å²) in [6, 6.07) is 0. The van der Waals surface area contributed by atoms with Gasteiger partial charge in [-0.05, 0) is 0 Å². The van der Waals surface area contributed by atoms with Gasteiger partial charge in [0, 0.05) is 11.5 Å². The van der Waals surface area contributed by atoms with E-state index in [-0.39, 0.29) is 10.3 Å². The lowest BCUT2D eigenvalue weighted by Gasteiger charge is -1.85. The third-order valence-electron chi connectivity index (χ3n) is 0.481. The highest BCUT2D eigenvalue weighted by atomic mass is 35.5. The Morgan fingerprint density at radius 3 is 2.22 bits per heavy atom. The van der Waals surface area contributed by atoms with Gasteiger partial charge in [-0.3, -0.25) is 0 Å². The van der Waals surface area contributed by atoms with E-state index in [9.17, 15) is 4.57 Å². The molecule has 0 aliphatic carbocycles. The van der Waals surface area contributed by atoms with Gasteiger partial charge in [-0.25, -0.2) is 4.52 Å². The van der Waals surface area contributed by atoms with Crippen molar-refractivity contribution in [3.8, 4) is 0 Å². The highest BCUT2D eigenvalue weighted by molar-refractivity contribution is 7.32. The molecule has 0 amide bonds. The summed E-state index contributed by atoms with van der Waals surface area (Å²) in [4.78, 5) is 8.11. The Morgan fingerprint density at radius 2 is 2.11 bits per heavy atom. The summed E-state index contributed by atoms with van der Waals surface area (Å²) in [5, 5.41) is 0. The summed E-state index contributed by atoms with van der Waals surface area (Å²) in [6.07, 6.45) is 0. The molecule has 0 fully saturated rings. The molecular weight excluding hydrogens is 186 g/mol. The minimum atomic E-state index is -2.65. The predicted octanol–water partition coefficient (Wildman–Crippen LogP) is 2.32. The van der Waals surface area contributed by atoms with Gasteiger partial charge in [0.2, 0.25) is 0 Å². The molecule has 0 rings (SSSR count). The normalized spacial score (nSPS) is 10.4. The van der Waals surface area contributed by atoms with Gasteiger partial charge in [-0.15, -0.1) is 4.89 Å². The standard InChI is InChI=1S/C3H3Cl2O3P/c1-2(3(4)5)8-9(6)7/h1H3/p+1. The van der Waals surface area contributed by atoms with E-state index < -0.39 is 8.25 Å². The lowest BCUT2D eigenvalue weighted by atomic mass is 10.7. The molecule has 0 radical (unpaired) electrons. The molecule has 52 valence electrons. The topological polar surface area (TPSA) is 46.5 Å². The molecule has 1 N–H and O–H groups in total. The summed E-state index contributed by atoms with van der Waals surface area (Å²) in [7, 11) is -2.65. The summed E-state index contributed by atoms with van der Waals surface area (Å²) < 4.78 is 13.9. The van der Waals surface area contributed by atoms with Crippen LogP contribution in [-0.4, -0.2) is 4.89 Å². The number of halogens is 2. The zero-order valence-corrected chi connectivity index (χ0v) is 6.87. The first-order valence-electron chi connectivity index (χ1n) is 1.90. The molecule has 0 aromatic carbocycles. The molecule has 0 saturated heterocycles. The maximum Gasteiger partial charge on any atom is 0.747 e. The fourth-order valence-electron chi connectivity index (χ4n) is 0.152. The lowest BCUT2D eigenvalue weighted by Crippen LogP contribution is -1.76. The van der Waals surface area contributed by atoms with Gasteiger partial charge < -0.3 is 0 Å². The molecule has 1 atom stereocenters. The Labute approximate surface area is 63.2 Å². The van der Waals surface area contributed by atoms with Crippen molar-refractivity contribution in [2.45, 2.75) is 6.92 Å². The molecule has 0 bridgehead atoms. The van der Waals surface area contributed by atoms with E-state index in [4.69, 9.17) is 28.1 Å². The van der Waals surface area contributed by atoms with Crippen molar-refractivity contribution in [3.05, 3.63) is 10.3 Å². The second-order valence-electron chi connectivity index (χ2n) is 1.15. The Morgan fingerprint density at radius 1 is 1.67 bits per heavy atom. The average molecular weight is 190 g/mol. The highest BCUT2D eigenvalue weighted by Crippen LogP contribution is 2.25. The summed E-state index contributed by atoms with van der Waals surface area (Å²) in [6.45, 7) is 1.39. The average Bonchev–Trinajstić information content (AvgIpc) is 1.63. The molecule has 0 aliphatic rings. The third-order valence-corrected chi connectivity index (χ3v) is 1.44. The molecular formula is C3H4Cl2O3P+. The first-order chi connectivity index (χ1) is 4.04. The third kappa shape index (κ3) is 4.67. The SMILES string of the molecule is CC(O[P+](=O)O)=C(Cl)Cl. The first kappa shape index (κ1) is 9.18.